The fourth-order valence-corrected chi connectivity index (χ4v) is 2.23. The molecule has 0 atom stereocenters. The van der Waals surface area contributed by atoms with Crippen molar-refractivity contribution in [2.75, 3.05) is 19.7 Å². The summed E-state index contributed by atoms with van der Waals surface area (Å²) in [6, 6.07) is 0. The highest BCUT2D eigenvalue weighted by Crippen LogP contribution is 2.23. The fraction of sp³-hybridized carbons (Fsp3) is 0.923. The zero-order valence-corrected chi connectivity index (χ0v) is 11.0. The lowest BCUT2D eigenvalue weighted by Gasteiger charge is -2.31. The lowest BCUT2D eigenvalue weighted by Crippen LogP contribution is -2.39. The van der Waals surface area contributed by atoms with E-state index in [4.69, 9.17) is 9.84 Å². The Balaban J connectivity index is 2.18. The van der Waals surface area contributed by atoms with Crippen LogP contribution in [0.15, 0.2) is 0 Å². The Morgan fingerprint density at radius 3 is 2.53 bits per heavy atom. The monoisotopic (exact) mass is 243 g/mol. The summed E-state index contributed by atoms with van der Waals surface area (Å²) in [6.07, 6.45) is 5.09. The number of piperidine rings is 1. The van der Waals surface area contributed by atoms with Crippen molar-refractivity contribution in [3.8, 4) is 0 Å². The highest BCUT2D eigenvalue weighted by Gasteiger charge is 2.23. The van der Waals surface area contributed by atoms with Gasteiger partial charge in [0.25, 0.3) is 0 Å². The van der Waals surface area contributed by atoms with Crippen LogP contribution in [0.4, 0.5) is 4.79 Å². The third-order valence-electron chi connectivity index (χ3n) is 3.23. The van der Waals surface area contributed by atoms with E-state index in [1.54, 1.807) is 0 Å². The number of aliphatic hydroxyl groups is 1. The van der Waals surface area contributed by atoms with Crippen LogP contribution in [0, 0.1) is 5.92 Å². The van der Waals surface area contributed by atoms with Gasteiger partial charge < -0.3 is 14.7 Å². The molecule has 1 aliphatic rings. The average Bonchev–Trinajstić information content (AvgIpc) is 2.29. The summed E-state index contributed by atoms with van der Waals surface area (Å²) in [5.74, 6) is 0.713. The molecule has 17 heavy (non-hydrogen) atoms. The molecule has 1 fully saturated rings. The number of carbonyl (C=O) groups is 1. The summed E-state index contributed by atoms with van der Waals surface area (Å²) in [5.41, 5.74) is 0. The molecule has 4 heteroatoms. The molecule has 1 heterocycles. The van der Waals surface area contributed by atoms with Gasteiger partial charge in [-0.1, -0.05) is 12.8 Å². The van der Waals surface area contributed by atoms with Crippen molar-refractivity contribution >= 4 is 6.09 Å². The smallest absolute Gasteiger partial charge is 0.410 e. The van der Waals surface area contributed by atoms with Gasteiger partial charge in [-0.05, 0) is 39.0 Å². The molecule has 1 N–H and O–H groups in total. The van der Waals surface area contributed by atoms with Gasteiger partial charge in [0.05, 0.1) is 6.10 Å². The van der Waals surface area contributed by atoms with Crippen LogP contribution in [-0.2, 0) is 4.74 Å². The van der Waals surface area contributed by atoms with Gasteiger partial charge in [0.1, 0.15) is 0 Å². The summed E-state index contributed by atoms with van der Waals surface area (Å²) in [7, 11) is 0. The molecule has 100 valence electrons. The third-order valence-corrected chi connectivity index (χ3v) is 3.23. The van der Waals surface area contributed by atoms with Gasteiger partial charge >= 0.3 is 6.09 Å². The minimum atomic E-state index is -0.172. The Hall–Kier alpha value is -0.770. The van der Waals surface area contributed by atoms with Crippen LogP contribution < -0.4 is 0 Å². The first-order chi connectivity index (χ1) is 8.13. The molecule has 0 spiro atoms. The van der Waals surface area contributed by atoms with Crippen molar-refractivity contribution in [1.82, 2.24) is 4.90 Å². The number of likely N-dealkylation sites (tertiary alicyclic amines) is 1. The van der Waals surface area contributed by atoms with Gasteiger partial charge in [-0.15, -0.1) is 0 Å². The van der Waals surface area contributed by atoms with Gasteiger partial charge in [0.2, 0.25) is 0 Å². The zero-order valence-electron chi connectivity index (χ0n) is 11.0. The van der Waals surface area contributed by atoms with Crippen molar-refractivity contribution in [3.63, 3.8) is 0 Å². The Morgan fingerprint density at radius 2 is 2.00 bits per heavy atom. The molecule has 0 aromatic heterocycles. The highest BCUT2D eigenvalue weighted by atomic mass is 16.6. The molecule has 1 aliphatic heterocycles. The minimum absolute atomic E-state index is 0.0372. The van der Waals surface area contributed by atoms with Crippen LogP contribution in [0.25, 0.3) is 0 Å². The average molecular weight is 243 g/mol. The van der Waals surface area contributed by atoms with Gasteiger partial charge in [0, 0.05) is 19.7 Å². The molecule has 1 saturated heterocycles. The van der Waals surface area contributed by atoms with Gasteiger partial charge in [-0.3, -0.25) is 0 Å². The van der Waals surface area contributed by atoms with E-state index < -0.39 is 0 Å². The zero-order chi connectivity index (χ0) is 12.7. The maximum atomic E-state index is 11.6. The lowest BCUT2D eigenvalue weighted by atomic mass is 9.92. The molecule has 0 aromatic rings. The summed E-state index contributed by atoms with van der Waals surface area (Å²) in [5, 5.41) is 8.73. The Labute approximate surface area is 104 Å². The first-order valence-corrected chi connectivity index (χ1v) is 6.70. The number of nitrogens with zero attached hydrogens (tertiary/aromatic N) is 1. The predicted octanol–water partition coefficient (Wildman–Crippen LogP) is 2.41. The van der Waals surface area contributed by atoms with E-state index in [2.05, 4.69) is 0 Å². The molecule has 0 saturated carbocycles. The van der Waals surface area contributed by atoms with Crippen molar-refractivity contribution < 1.29 is 14.6 Å². The molecule has 0 bridgehead atoms. The Morgan fingerprint density at radius 1 is 1.35 bits per heavy atom. The van der Waals surface area contributed by atoms with E-state index in [9.17, 15) is 4.79 Å². The first kappa shape index (κ1) is 14.3. The number of aliphatic hydroxyl groups excluding tert-OH is 1. The summed E-state index contributed by atoms with van der Waals surface area (Å²) in [6.45, 7) is 5.67. The van der Waals surface area contributed by atoms with Crippen LogP contribution in [-0.4, -0.2) is 41.9 Å². The summed E-state index contributed by atoms with van der Waals surface area (Å²) < 4.78 is 5.18. The predicted molar refractivity (Wildman–Crippen MR) is 66.9 cm³/mol. The number of ether oxygens (including phenoxy) is 1. The van der Waals surface area contributed by atoms with Crippen LogP contribution in [0.3, 0.4) is 0 Å². The van der Waals surface area contributed by atoms with Crippen LogP contribution in [0.1, 0.15) is 46.0 Å². The van der Waals surface area contributed by atoms with Crippen molar-refractivity contribution in [2.45, 2.75) is 52.1 Å². The minimum Gasteiger partial charge on any atom is -0.447 e. The highest BCUT2D eigenvalue weighted by molar-refractivity contribution is 5.67. The summed E-state index contributed by atoms with van der Waals surface area (Å²) in [4.78, 5) is 13.5. The van der Waals surface area contributed by atoms with Crippen molar-refractivity contribution in [1.29, 1.82) is 0 Å². The third kappa shape index (κ3) is 5.39. The van der Waals surface area contributed by atoms with Crippen LogP contribution in [0.2, 0.25) is 0 Å². The van der Waals surface area contributed by atoms with Gasteiger partial charge in [-0.2, -0.15) is 0 Å². The fourth-order valence-electron chi connectivity index (χ4n) is 2.23. The quantitative estimate of drug-likeness (QED) is 0.754. The van der Waals surface area contributed by atoms with Gasteiger partial charge in [0.15, 0.2) is 0 Å². The Bertz CT molecular complexity index is 223. The number of amides is 1. The van der Waals surface area contributed by atoms with E-state index in [0.29, 0.717) is 12.5 Å². The SMILES string of the molecule is CC(C)OC(=O)N1CCC(CCCCO)CC1. The summed E-state index contributed by atoms with van der Waals surface area (Å²) >= 11 is 0. The number of hydrogen-bond donors (Lipinski definition) is 1. The molecule has 0 aromatic carbocycles. The molecule has 1 rings (SSSR count). The second-order valence-electron chi connectivity index (χ2n) is 5.08. The Kier molecular flexibility index (Phi) is 6.34. The van der Waals surface area contributed by atoms with E-state index in [0.717, 1.165) is 38.8 Å². The lowest BCUT2D eigenvalue weighted by molar-refractivity contribution is 0.0645. The second-order valence-corrected chi connectivity index (χ2v) is 5.08. The molecule has 0 unspecified atom stereocenters. The van der Waals surface area contributed by atoms with Crippen LogP contribution >= 0.6 is 0 Å². The molecule has 0 radical (unpaired) electrons. The molecule has 0 aliphatic carbocycles. The maximum absolute atomic E-state index is 11.6. The molecule has 1 amide bonds. The first-order valence-electron chi connectivity index (χ1n) is 6.70. The number of rotatable bonds is 5. The molecular weight excluding hydrogens is 218 g/mol. The standard InChI is InChI=1S/C13H25NO3/c1-11(2)17-13(16)14-8-6-12(7-9-14)5-3-4-10-15/h11-12,15H,3-10H2,1-2H3. The van der Waals surface area contributed by atoms with E-state index >= 15 is 0 Å². The normalized spacial score (nSPS) is 17.5. The van der Waals surface area contributed by atoms with Crippen molar-refractivity contribution in [3.05, 3.63) is 0 Å². The maximum Gasteiger partial charge on any atom is 0.410 e. The van der Waals surface area contributed by atoms with Gasteiger partial charge in [-0.25, -0.2) is 4.79 Å². The molecular formula is C13H25NO3. The molecule has 4 nitrogen and oxygen atoms in total. The second kappa shape index (κ2) is 7.54. The van der Waals surface area contributed by atoms with E-state index in [-0.39, 0.29) is 12.2 Å². The topological polar surface area (TPSA) is 49.8 Å². The largest absolute Gasteiger partial charge is 0.447 e. The van der Waals surface area contributed by atoms with E-state index in [1.165, 1.54) is 6.42 Å². The number of hydrogen-bond acceptors (Lipinski definition) is 3. The van der Waals surface area contributed by atoms with Crippen molar-refractivity contribution in [2.24, 2.45) is 5.92 Å². The number of unbranched alkanes of at least 4 members (excludes halogenated alkanes) is 1. The number of carbonyl (C=O) groups excluding carboxylic acids is 1. The van der Waals surface area contributed by atoms with Crippen LogP contribution in [0.5, 0.6) is 0 Å². The van der Waals surface area contributed by atoms with E-state index in [1.807, 2.05) is 18.7 Å².